The lowest BCUT2D eigenvalue weighted by Gasteiger charge is -2.20. The van der Waals surface area contributed by atoms with Gasteiger partial charge in [0, 0.05) is 24.5 Å². The molecule has 0 spiro atoms. The lowest BCUT2D eigenvalue weighted by molar-refractivity contribution is 0.197. The molecule has 0 saturated carbocycles. The Morgan fingerprint density at radius 2 is 2.00 bits per heavy atom. The molecule has 2 rings (SSSR count). The van der Waals surface area contributed by atoms with E-state index in [1.165, 1.54) is 5.56 Å². The molecule has 0 radical (unpaired) electrons. The number of aliphatic hydroxyl groups excluding tert-OH is 1. The maximum atomic E-state index is 11.8. The molecule has 120 valence electrons. The van der Waals surface area contributed by atoms with E-state index in [1.54, 1.807) is 6.07 Å². The SMILES string of the molecule is CCN(CCO)Cc1cc(=O)oc2cc(C)c(C(C)C)cc12. The summed E-state index contributed by atoms with van der Waals surface area (Å²) >= 11 is 0. The highest BCUT2D eigenvalue weighted by molar-refractivity contribution is 5.82. The number of nitrogens with zero attached hydrogens (tertiary/aromatic N) is 1. The number of benzene rings is 1. The largest absolute Gasteiger partial charge is 0.423 e. The Morgan fingerprint density at radius 3 is 2.59 bits per heavy atom. The number of likely N-dealkylation sites (N-methyl/N-ethyl adjacent to an activating group) is 1. The number of fused-ring (bicyclic) bond motifs is 1. The van der Waals surface area contributed by atoms with Crippen LogP contribution in [0, 0.1) is 6.92 Å². The van der Waals surface area contributed by atoms with Crippen molar-refractivity contribution in [2.45, 2.75) is 40.2 Å². The van der Waals surface area contributed by atoms with Crippen molar-refractivity contribution in [3.05, 3.63) is 45.3 Å². The third kappa shape index (κ3) is 3.57. The Hall–Kier alpha value is -1.65. The van der Waals surface area contributed by atoms with Crippen molar-refractivity contribution < 1.29 is 9.52 Å². The number of aliphatic hydroxyl groups is 1. The Morgan fingerprint density at radius 1 is 1.27 bits per heavy atom. The van der Waals surface area contributed by atoms with Crippen LogP contribution in [0.15, 0.2) is 27.4 Å². The fourth-order valence-corrected chi connectivity index (χ4v) is 2.88. The molecule has 0 aliphatic heterocycles. The van der Waals surface area contributed by atoms with Gasteiger partial charge in [-0.2, -0.15) is 0 Å². The van der Waals surface area contributed by atoms with E-state index in [4.69, 9.17) is 9.52 Å². The van der Waals surface area contributed by atoms with Gasteiger partial charge in [-0.25, -0.2) is 4.79 Å². The van der Waals surface area contributed by atoms with Gasteiger partial charge in [0.25, 0.3) is 0 Å². The second-order valence-electron chi connectivity index (χ2n) is 6.04. The predicted molar refractivity (Wildman–Crippen MR) is 89.3 cm³/mol. The van der Waals surface area contributed by atoms with E-state index >= 15 is 0 Å². The fraction of sp³-hybridized carbons (Fsp3) is 0.500. The average molecular weight is 303 g/mol. The first-order valence-corrected chi connectivity index (χ1v) is 7.86. The van der Waals surface area contributed by atoms with Crippen molar-refractivity contribution in [1.82, 2.24) is 4.90 Å². The molecule has 0 aliphatic carbocycles. The molecule has 2 aromatic rings. The summed E-state index contributed by atoms with van der Waals surface area (Å²) < 4.78 is 5.37. The molecule has 0 saturated heterocycles. The number of rotatable bonds is 6. The van der Waals surface area contributed by atoms with Crippen LogP contribution in [0.2, 0.25) is 0 Å². The van der Waals surface area contributed by atoms with Crippen molar-refractivity contribution in [3.63, 3.8) is 0 Å². The van der Waals surface area contributed by atoms with E-state index < -0.39 is 0 Å². The third-order valence-corrected chi connectivity index (χ3v) is 4.10. The zero-order chi connectivity index (χ0) is 16.3. The van der Waals surface area contributed by atoms with Crippen LogP contribution in [-0.2, 0) is 6.54 Å². The van der Waals surface area contributed by atoms with Crippen molar-refractivity contribution in [2.24, 2.45) is 0 Å². The van der Waals surface area contributed by atoms with Crippen molar-refractivity contribution in [1.29, 1.82) is 0 Å². The Kier molecular flexibility index (Phi) is 5.37. The summed E-state index contributed by atoms with van der Waals surface area (Å²) in [5.74, 6) is 0.420. The van der Waals surface area contributed by atoms with Crippen molar-refractivity contribution in [2.75, 3.05) is 19.7 Å². The van der Waals surface area contributed by atoms with Gasteiger partial charge in [0.05, 0.1) is 6.61 Å². The minimum atomic E-state index is -0.320. The molecule has 0 amide bonds. The van der Waals surface area contributed by atoms with E-state index in [-0.39, 0.29) is 12.2 Å². The standard InChI is InChI=1S/C18H25NO3/c1-5-19(6-7-20)11-14-9-18(21)22-17-8-13(4)15(12(2)3)10-16(14)17/h8-10,12,20H,5-7,11H2,1-4H3. The molecule has 22 heavy (non-hydrogen) atoms. The van der Waals surface area contributed by atoms with Gasteiger partial charge in [0.15, 0.2) is 0 Å². The second-order valence-corrected chi connectivity index (χ2v) is 6.04. The average Bonchev–Trinajstić information content (AvgIpc) is 2.45. The highest BCUT2D eigenvalue weighted by atomic mass is 16.4. The molecule has 1 aromatic carbocycles. The maximum absolute atomic E-state index is 11.8. The zero-order valence-corrected chi connectivity index (χ0v) is 13.8. The number of hydrogen-bond donors (Lipinski definition) is 1. The van der Waals surface area contributed by atoms with E-state index in [1.807, 2.05) is 19.9 Å². The van der Waals surface area contributed by atoms with Gasteiger partial charge in [-0.05, 0) is 48.2 Å². The molecule has 4 heteroatoms. The molecule has 0 aliphatic rings. The van der Waals surface area contributed by atoms with Crippen LogP contribution in [0.4, 0.5) is 0 Å². The first-order valence-electron chi connectivity index (χ1n) is 7.86. The predicted octanol–water partition coefficient (Wildman–Crippen LogP) is 3.04. The smallest absolute Gasteiger partial charge is 0.336 e. The van der Waals surface area contributed by atoms with Gasteiger partial charge >= 0.3 is 5.63 Å². The van der Waals surface area contributed by atoms with Crippen molar-refractivity contribution >= 4 is 11.0 Å². The maximum Gasteiger partial charge on any atom is 0.336 e. The van der Waals surface area contributed by atoms with Gasteiger partial charge in [-0.15, -0.1) is 0 Å². The van der Waals surface area contributed by atoms with Gasteiger partial charge in [-0.1, -0.05) is 20.8 Å². The summed E-state index contributed by atoms with van der Waals surface area (Å²) in [7, 11) is 0. The molecule has 0 unspecified atom stereocenters. The van der Waals surface area contributed by atoms with E-state index in [0.717, 1.165) is 23.1 Å². The molecule has 1 heterocycles. The van der Waals surface area contributed by atoms with Gasteiger partial charge in [-0.3, -0.25) is 4.90 Å². The number of aryl methyl sites for hydroxylation is 1. The molecular weight excluding hydrogens is 278 g/mol. The zero-order valence-electron chi connectivity index (χ0n) is 13.8. The molecule has 0 bridgehead atoms. The van der Waals surface area contributed by atoms with Crippen LogP contribution in [0.5, 0.6) is 0 Å². The van der Waals surface area contributed by atoms with Crippen LogP contribution in [0.3, 0.4) is 0 Å². The second kappa shape index (κ2) is 7.07. The third-order valence-electron chi connectivity index (χ3n) is 4.10. The minimum Gasteiger partial charge on any atom is -0.423 e. The summed E-state index contributed by atoms with van der Waals surface area (Å²) in [6.45, 7) is 10.6. The molecule has 1 aromatic heterocycles. The van der Waals surface area contributed by atoms with E-state index in [9.17, 15) is 4.79 Å². The van der Waals surface area contributed by atoms with Crippen LogP contribution < -0.4 is 5.63 Å². The summed E-state index contributed by atoms with van der Waals surface area (Å²) in [6, 6.07) is 5.67. The molecule has 0 fully saturated rings. The molecule has 4 nitrogen and oxygen atoms in total. The lowest BCUT2D eigenvalue weighted by Crippen LogP contribution is -2.26. The summed E-state index contributed by atoms with van der Waals surface area (Å²) in [5, 5.41) is 10.1. The van der Waals surface area contributed by atoms with Crippen molar-refractivity contribution in [3.8, 4) is 0 Å². The van der Waals surface area contributed by atoms with Gasteiger partial charge in [0.2, 0.25) is 0 Å². The van der Waals surface area contributed by atoms with Gasteiger partial charge < -0.3 is 9.52 Å². The molecule has 0 atom stereocenters. The first kappa shape index (κ1) is 16.7. The lowest BCUT2D eigenvalue weighted by atomic mass is 9.95. The molecule has 1 N–H and O–H groups in total. The topological polar surface area (TPSA) is 53.7 Å². The summed E-state index contributed by atoms with van der Waals surface area (Å²) in [5.41, 5.74) is 3.70. The van der Waals surface area contributed by atoms with Gasteiger partial charge in [0.1, 0.15) is 5.58 Å². The highest BCUT2D eigenvalue weighted by Gasteiger charge is 2.13. The van der Waals surface area contributed by atoms with Crippen LogP contribution >= 0.6 is 0 Å². The Balaban J connectivity index is 2.56. The quantitative estimate of drug-likeness (QED) is 0.833. The van der Waals surface area contributed by atoms with Crippen LogP contribution in [0.1, 0.15) is 43.4 Å². The highest BCUT2D eigenvalue weighted by Crippen LogP contribution is 2.27. The Bertz CT molecular complexity index is 703. The summed E-state index contributed by atoms with van der Waals surface area (Å²) in [6.07, 6.45) is 0. The van der Waals surface area contributed by atoms with Crippen LogP contribution in [0.25, 0.3) is 11.0 Å². The first-order chi connectivity index (χ1) is 10.5. The summed E-state index contributed by atoms with van der Waals surface area (Å²) in [4.78, 5) is 13.9. The Labute approximate surface area is 131 Å². The molecular formula is C18H25NO3. The van der Waals surface area contributed by atoms with Crippen LogP contribution in [-0.4, -0.2) is 29.7 Å². The monoisotopic (exact) mass is 303 g/mol. The normalized spacial score (nSPS) is 11.8. The van der Waals surface area contributed by atoms with E-state index in [2.05, 4.69) is 24.8 Å². The van der Waals surface area contributed by atoms with E-state index in [0.29, 0.717) is 24.6 Å². The fourth-order valence-electron chi connectivity index (χ4n) is 2.88. The minimum absolute atomic E-state index is 0.115. The number of hydrogen-bond acceptors (Lipinski definition) is 4.